The summed E-state index contributed by atoms with van der Waals surface area (Å²) in [5.41, 5.74) is 3.54. The smallest absolute Gasteiger partial charge is 0.0841 e. The molecule has 2 aromatic carbocycles. The molecule has 0 bridgehead atoms. The van der Waals surface area contributed by atoms with Crippen molar-refractivity contribution in [3.05, 3.63) is 65.7 Å². The van der Waals surface area contributed by atoms with Gasteiger partial charge in [-0.15, -0.1) is 0 Å². The molecule has 2 aromatic rings. The Morgan fingerprint density at radius 2 is 1.65 bits per heavy atom. The first kappa shape index (κ1) is 11.8. The Hall–Kier alpha value is -1.67. The number of hydrogen-bond acceptors (Lipinski definition) is 1. The molecule has 2 heteroatoms. The zero-order valence-electron chi connectivity index (χ0n) is 9.81. The summed E-state index contributed by atoms with van der Waals surface area (Å²) in [7, 11) is 0. The standard InChI is InChI=1S/C15H15NS/c1-12-7-5-6-10-14(12)16-15(17)11-13-8-3-2-4-9-13/h2-10H,11H2,1H3,(H,16,17). The van der Waals surface area contributed by atoms with Crippen molar-refractivity contribution in [1.29, 1.82) is 0 Å². The molecule has 0 saturated carbocycles. The predicted octanol–water partition coefficient (Wildman–Crippen LogP) is 3.98. The SMILES string of the molecule is Cc1ccccc1NC(=S)Cc1ccccc1. The van der Waals surface area contributed by atoms with Gasteiger partial charge in [-0.05, 0) is 24.1 Å². The zero-order chi connectivity index (χ0) is 12.1. The maximum Gasteiger partial charge on any atom is 0.0841 e. The molecule has 0 fully saturated rings. The van der Waals surface area contributed by atoms with E-state index in [2.05, 4.69) is 30.4 Å². The van der Waals surface area contributed by atoms with E-state index in [0.717, 1.165) is 17.1 Å². The monoisotopic (exact) mass is 241 g/mol. The van der Waals surface area contributed by atoms with Gasteiger partial charge in [-0.1, -0.05) is 60.7 Å². The molecule has 1 nitrogen and oxygen atoms in total. The molecule has 86 valence electrons. The third kappa shape index (κ3) is 3.40. The van der Waals surface area contributed by atoms with Crippen LogP contribution in [0.4, 0.5) is 5.69 Å². The maximum absolute atomic E-state index is 5.37. The van der Waals surface area contributed by atoms with E-state index in [-0.39, 0.29) is 0 Å². The Balaban J connectivity index is 2.01. The first-order valence-electron chi connectivity index (χ1n) is 5.65. The topological polar surface area (TPSA) is 12.0 Å². The summed E-state index contributed by atoms with van der Waals surface area (Å²) in [6, 6.07) is 18.4. The third-order valence-electron chi connectivity index (χ3n) is 2.63. The van der Waals surface area contributed by atoms with Gasteiger partial charge in [-0.2, -0.15) is 0 Å². The van der Waals surface area contributed by atoms with Gasteiger partial charge in [0, 0.05) is 12.1 Å². The van der Waals surface area contributed by atoms with Crippen LogP contribution >= 0.6 is 12.2 Å². The first-order valence-corrected chi connectivity index (χ1v) is 6.06. The van der Waals surface area contributed by atoms with Crippen LogP contribution in [0.25, 0.3) is 0 Å². The van der Waals surface area contributed by atoms with E-state index >= 15 is 0 Å². The molecular weight excluding hydrogens is 226 g/mol. The second-order valence-electron chi connectivity index (χ2n) is 4.03. The summed E-state index contributed by atoms with van der Waals surface area (Å²) in [6.45, 7) is 2.08. The molecule has 17 heavy (non-hydrogen) atoms. The number of nitrogens with one attached hydrogen (secondary N) is 1. The zero-order valence-corrected chi connectivity index (χ0v) is 10.6. The van der Waals surface area contributed by atoms with Crippen LogP contribution in [0.1, 0.15) is 11.1 Å². The lowest BCUT2D eigenvalue weighted by Crippen LogP contribution is -2.12. The van der Waals surface area contributed by atoms with Crippen molar-refractivity contribution in [3.63, 3.8) is 0 Å². The lowest BCUT2D eigenvalue weighted by Gasteiger charge is -2.10. The molecule has 2 rings (SSSR count). The molecule has 0 atom stereocenters. The van der Waals surface area contributed by atoms with Crippen molar-refractivity contribution in [1.82, 2.24) is 0 Å². The lowest BCUT2D eigenvalue weighted by molar-refractivity contribution is 1.33. The van der Waals surface area contributed by atoms with E-state index in [1.807, 2.05) is 36.4 Å². The fraction of sp³-hybridized carbons (Fsp3) is 0.133. The number of rotatable bonds is 3. The van der Waals surface area contributed by atoms with Gasteiger partial charge in [-0.3, -0.25) is 0 Å². The van der Waals surface area contributed by atoms with Gasteiger partial charge in [0.05, 0.1) is 4.99 Å². The number of benzene rings is 2. The normalized spacial score (nSPS) is 9.94. The second-order valence-corrected chi connectivity index (χ2v) is 4.52. The molecule has 0 aliphatic carbocycles. The number of para-hydroxylation sites is 1. The van der Waals surface area contributed by atoms with Gasteiger partial charge < -0.3 is 5.32 Å². The van der Waals surface area contributed by atoms with Crippen molar-refractivity contribution in [2.24, 2.45) is 0 Å². The van der Waals surface area contributed by atoms with Gasteiger partial charge in [0.1, 0.15) is 0 Å². The second kappa shape index (κ2) is 5.60. The van der Waals surface area contributed by atoms with Crippen LogP contribution in [0.15, 0.2) is 54.6 Å². The Morgan fingerprint density at radius 3 is 2.35 bits per heavy atom. The highest BCUT2D eigenvalue weighted by Gasteiger charge is 2.01. The molecule has 1 N–H and O–H groups in total. The molecule has 0 aliphatic rings. The average Bonchev–Trinajstić information content (AvgIpc) is 2.33. The number of aryl methyl sites for hydroxylation is 1. The Kier molecular flexibility index (Phi) is 3.89. The Morgan fingerprint density at radius 1 is 1.00 bits per heavy atom. The maximum atomic E-state index is 5.37. The highest BCUT2D eigenvalue weighted by atomic mass is 32.1. The van der Waals surface area contributed by atoms with E-state index in [1.165, 1.54) is 11.1 Å². The number of anilines is 1. The third-order valence-corrected chi connectivity index (χ3v) is 2.87. The minimum Gasteiger partial charge on any atom is -0.350 e. The van der Waals surface area contributed by atoms with E-state index in [9.17, 15) is 0 Å². The van der Waals surface area contributed by atoms with Crippen LogP contribution in [0.3, 0.4) is 0 Å². The summed E-state index contributed by atoms with van der Waals surface area (Å²) in [5.74, 6) is 0. The van der Waals surface area contributed by atoms with Crippen molar-refractivity contribution < 1.29 is 0 Å². The highest BCUT2D eigenvalue weighted by Crippen LogP contribution is 2.14. The molecule has 0 saturated heterocycles. The summed E-state index contributed by atoms with van der Waals surface area (Å²) < 4.78 is 0. The van der Waals surface area contributed by atoms with Crippen molar-refractivity contribution in [2.75, 3.05) is 5.32 Å². The molecule has 0 heterocycles. The largest absolute Gasteiger partial charge is 0.350 e. The quantitative estimate of drug-likeness (QED) is 0.816. The first-order chi connectivity index (χ1) is 8.25. The van der Waals surface area contributed by atoms with Crippen LogP contribution in [0.2, 0.25) is 0 Å². The molecular formula is C15H15NS. The van der Waals surface area contributed by atoms with E-state index < -0.39 is 0 Å². The summed E-state index contributed by atoms with van der Waals surface area (Å²) in [4.78, 5) is 0.852. The van der Waals surface area contributed by atoms with Crippen molar-refractivity contribution in [2.45, 2.75) is 13.3 Å². The van der Waals surface area contributed by atoms with Crippen LogP contribution in [-0.2, 0) is 6.42 Å². The highest BCUT2D eigenvalue weighted by molar-refractivity contribution is 7.80. The van der Waals surface area contributed by atoms with Crippen LogP contribution in [0.5, 0.6) is 0 Å². The summed E-state index contributed by atoms with van der Waals surface area (Å²) in [6.07, 6.45) is 0.782. The van der Waals surface area contributed by atoms with Gasteiger partial charge in [-0.25, -0.2) is 0 Å². The summed E-state index contributed by atoms with van der Waals surface area (Å²) >= 11 is 5.37. The van der Waals surface area contributed by atoms with Crippen LogP contribution < -0.4 is 5.32 Å². The lowest BCUT2D eigenvalue weighted by atomic mass is 10.1. The van der Waals surface area contributed by atoms with E-state index in [4.69, 9.17) is 12.2 Å². The summed E-state index contributed by atoms with van der Waals surface area (Å²) in [5, 5.41) is 3.29. The average molecular weight is 241 g/mol. The molecule has 0 amide bonds. The van der Waals surface area contributed by atoms with Crippen LogP contribution in [0, 0.1) is 6.92 Å². The molecule has 0 unspecified atom stereocenters. The van der Waals surface area contributed by atoms with E-state index in [1.54, 1.807) is 0 Å². The Labute approximate surface area is 107 Å². The van der Waals surface area contributed by atoms with Crippen molar-refractivity contribution >= 4 is 22.9 Å². The van der Waals surface area contributed by atoms with Crippen LogP contribution in [-0.4, -0.2) is 4.99 Å². The molecule has 0 aromatic heterocycles. The number of thiocarbonyl (C=S) groups is 1. The van der Waals surface area contributed by atoms with Gasteiger partial charge in [0.25, 0.3) is 0 Å². The van der Waals surface area contributed by atoms with Crippen molar-refractivity contribution in [3.8, 4) is 0 Å². The van der Waals surface area contributed by atoms with Gasteiger partial charge in [0.15, 0.2) is 0 Å². The van der Waals surface area contributed by atoms with Gasteiger partial charge in [0.2, 0.25) is 0 Å². The van der Waals surface area contributed by atoms with E-state index in [0.29, 0.717) is 0 Å². The predicted molar refractivity (Wildman–Crippen MR) is 77.5 cm³/mol. The van der Waals surface area contributed by atoms with Gasteiger partial charge >= 0.3 is 0 Å². The molecule has 0 radical (unpaired) electrons. The minimum absolute atomic E-state index is 0.782. The molecule has 0 spiro atoms. The Bertz CT molecular complexity index is 505. The number of hydrogen-bond donors (Lipinski definition) is 1. The molecule has 0 aliphatic heterocycles. The minimum atomic E-state index is 0.782. The fourth-order valence-electron chi connectivity index (χ4n) is 1.69. The fourth-order valence-corrected chi connectivity index (χ4v) is 1.97.